The van der Waals surface area contributed by atoms with Gasteiger partial charge in [0.1, 0.15) is 6.61 Å². The largest absolute Gasteiger partial charge is 0.475 e. The molecule has 1 aromatic carbocycles. The fourth-order valence-corrected chi connectivity index (χ4v) is 3.15. The van der Waals surface area contributed by atoms with Crippen LogP contribution in [0.5, 0.6) is 5.88 Å². The van der Waals surface area contributed by atoms with Crippen molar-refractivity contribution in [1.29, 1.82) is 0 Å². The highest BCUT2D eigenvalue weighted by molar-refractivity contribution is 6.21. The molecule has 1 fully saturated rings. The summed E-state index contributed by atoms with van der Waals surface area (Å²) in [6.07, 6.45) is 5.14. The molecule has 0 saturated carbocycles. The Morgan fingerprint density at radius 2 is 2.26 bits per heavy atom. The van der Waals surface area contributed by atoms with Crippen LogP contribution in [0.3, 0.4) is 0 Å². The van der Waals surface area contributed by atoms with Crippen LogP contribution >= 0.6 is 0 Å². The third-order valence-electron chi connectivity index (χ3n) is 4.49. The van der Waals surface area contributed by atoms with Gasteiger partial charge in [-0.2, -0.15) is 0 Å². The third-order valence-corrected chi connectivity index (χ3v) is 4.49. The summed E-state index contributed by atoms with van der Waals surface area (Å²) in [4.78, 5) is 39.2. The number of aldehydes is 1. The van der Waals surface area contributed by atoms with Crippen molar-refractivity contribution in [3.63, 3.8) is 0 Å². The van der Waals surface area contributed by atoms with Crippen molar-refractivity contribution in [3.8, 4) is 5.88 Å². The average molecular weight is 367 g/mol. The number of hydrogen-bond donors (Lipinski definition) is 2. The first-order chi connectivity index (χ1) is 13.0. The molecule has 2 N–H and O–H groups in total. The van der Waals surface area contributed by atoms with E-state index in [4.69, 9.17) is 4.74 Å². The lowest BCUT2D eigenvalue weighted by molar-refractivity contribution is -0.119. The quantitative estimate of drug-likeness (QED) is 0.573. The van der Waals surface area contributed by atoms with Crippen LogP contribution in [0.2, 0.25) is 0 Å². The summed E-state index contributed by atoms with van der Waals surface area (Å²) >= 11 is 0. The molecule has 0 aliphatic carbocycles. The molecule has 1 atom stereocenters. The Morgan fingerprint density at radius 1 is 1.44 bits per heavy atom. The predicted molar refractivity (Wildman–Crippen MR) is 102 cm³/mol. The second-order valence-corrected chi connectivity index (χ2v) is 6.41. The Bertz CT molecular complexity index is 936. The fourth-order valence-electron chi connectivity index (χ4n) is 3.15. The minimum atomic E-state index is -0.160. The lowest BCUT2D eigenvalue weighted by Crippen LogP contribution is -2.31. The Hall–Kier alpha value is -3.22. The van der Waals surface area contributed by atoms with Gasteiger partial charge in [-0.25, -0.2) is 4.98 Å². The number of carbonyl (C=O) groups excluding carboxylic acids is 3. The summed E-state index contributed by atoms with van der Waals surface area (Å²) in [5, 5.41) is 7.18. The molecule has 1 aromatic heterocycles. The molecule has 27 heavy (non-hydrogen) atoms. The molecule has 1 aliphatic rings. The summed E-state index contributed by atoms with van der Waals surface area (Å²) in [7, 11) is 1.69. The van der Waals surface area contributed by atoms with Gasteiger partial charge in [-0.05, 0) is 42.5 Å². The van der Waals surface area contributed by atoms with E-state index < -0.39 is 0 Å². The maximum atomic E-state index is 12.0. The molecular weight excluding hydrogens is 346 g/mol. The van der Waals surface area contributed by atoms with E-state index in [0.29, 0.717) is 41.0 Å². The number of ketones is 1. The zero-order valence-corrected chi connectivity index (χ0v) is 15.2. The monoisotopic (exact) mass is 367 g/mol. The van der Waals surface area contributed by atoms with Gasteiger partial charge in [0.15, 0.2) is 12.1 Å². The lowest BCUT2D eigenvalue weighted by Gasteiger charge is -2.14. The molecule has 2 aromatic rings. The van der Waals surface area contributed by atoms with Crippen LogP contribution in [-0.4, -0.2) is 42.7 Å². The van der Waals surface area contributed by atoms with Crippen molar-refractivity contribution in [1.82, 2.24) is 15.6 Å². The molecule has 1 saturated heterocycles. The van der Waals surface area contributed by atoms with Crippen LogP contribution < -0.4 is 15.4 Å². The maximum absolute atomic E-state index is 12.0. The van der Waals surface area contributed by atoms with E-state index in [0.717, 1.165) is 18.1 Å². The summed E-state index contributed by atoms with van der Waals surface area (Å²) in [6, 6.07) is 5.21. The Morgan fingerprint density at radius 3 is 2.89 bits per heavy atom. The smallest absolute Gasteiger partial charge is 0.221 e. The topological polar surface area (TPSA) is 97.4 Å². The minimum Gasteiger partial charge on any atom is -0.475 e. The van der Waals surface area contributed by atoms with Gasteiger partial charge >= 0.3 is 0 Å². The number of nitrogens with zero attached hydrogens (tertiary/aromatic N) is 1. The molecule has 0 bridgehead atoms. The number of benzene rings is 1. The van der Waals surface area contributed by atoms with Crippen molar-refractivity contribution in [2.75, 3.05) is 13.7 Å². The van der Waals surface area contributed by atoms with E-state index in [9.17, 15) is 14.4 Å². The highest BCUT2D eigenvalue weighted by atomic mass is 16.5. The first-order valence-electron chi connectivity index (χ1n) is 8.72. The summed E-state index contributed by atoms with van der Waals surface area (Å²) in [5.74, 6) is 0.266. The van der Waals surface area contributed by atoms with Gasteiger partial charge in [0, 0.05) is 42.4 Å². The number of Topliss-reactive ketones (excluding diaryl/α,β-unsaturated/α-hetero) is 1. The third kappa shape index (κ3) is 3.97. The van der Waals surface area contributed by atoms with Crippen LogP contribution in [-0.2, 0) is 9.59 Å². The lowest BCUT2D eigenvalue weighted by atomic mass is 9.95. The molecule has 140 valence electrons. The fraction of sp³-hybridized carbons (Fsp3) is 0.300. The summed E-state index contributed by atoms with van der Waals surface area (Å²) in [6.45, 7) is 1.76. The number of allylic oxidation sites excluding steroid dienone is 1. The number of pyridine rings is 1. The summed E-state index contributed by atoms with van der Waals surface area (Å²) < 4.78 is 5.85. The first kappa shape index (κ1) is 18.6. The molecule has 7 heteroatoms. The minimum absolute atomic E-state index is 0.0238. The first-order valence-corrected chi connectivity index (χ1v) is 8.72. The van der Waals surface area contributed by atoms with Crippen molar-refractivity contribution in [3.05, 3.63) is 41.7 Å². The van der Waals surface area contributed by atoms with Crippen LogP contribution in [0, 0.1) is 0 Å². The van der Waals surface area contributed by atoms with E-state index >= 15 is 0 Å². The SMILES string of the molecule is CN/C=C(/C(C)=O)c1cc2c(OCC3CCC(=O)N3)nccc2cc1C=O. The van der Waals surface area contributed by atoms with Gasteiger partial charge in [0.05, 0.1) is 6.04 Å². The van der Waals surface area contributed by atoms with E-state index in [1.54, 1.807) is 37.6 Å². The van der Waals surface area contributed by atoms with Gasteiger partial charge in [0.2, 0.25) is 11.8 Å². The molecule has 1 unspecified atom stereocenters. The molecule has 0 spiro atoms. The molecule has 3 rings (SSSR count). The zero-order valence-electron chi connectivity index (χ0n) is 15.2. The Balaban J connectivity index is 2.02. The van der Waals surface area contributed by atoms with E-state index in [2.05, 4.69) is 15.6 Å². The molecule has 2 heterocycles. The number of amides is 1. The number of aromatic nitrogens is 1. The van der Waals surface area contributed by atoms with Crippen molar-refractivity contribution < 1.29 is 19.1 Å². The highest BCUT2D eigenvalue weighted by Gasteiger charge is 2.22. The second-order valence-electron chi connectivity index (χ2n) is 6.41. The number of fused-ring (bicyclic) bond motifs is 1. The molecular formula is C20H21N3O4. The average Bonchev–Trinajstić information content (AvgIpc) is 3.08. The van der Waals surface area contributed by atoms with Crippen LogP contribution in [0.4, 0.5) is 0 Å². The molecule has 7 nitrogen and oxygen atoms in total. The van der Waals surface area contributed by atoms with Crippen molar-refractivity contribution >= 4 is 34.3 Å². The number of nitrogens with one attached hydrogen (secondary N) is 2. The number of hydrogen-bond acceptors (Lipinski definition) is 6. The number of ether oxygens (including phenoxy) is 1. The van der Waals surface area contributed by atoms with E-state index in [-0.39, 0.29) is 17.7 Å². The Kier molecular flexibility index (Phi) is 5.49. The van der Waals surface area contributed by atoms with Gasteiger partial charge in [-0.15, -0.1) is 0 Å². The van der Waals surface area contributed by atoms with E-state index in [1.807, 2.05) is 0 Å². The predicted octanol–water partition coefficient (Wildman–Crippen LogP) is 1.85. The van der Waals surface area contributed by atoms with Gasteiger partial charge in [-0.3, -0.25) is 14.4 Å². The second kappa shape index (κ2) is 7.99. The highest BCUT2D eigenvalue weighted by Crippen LogP contribution is 2.30. The van der Waals surface area contributed by atoms with Crippen LogP contribution in [0.1, 0.15) is 35.7 Å². The standard InChI is InChI=1S/C20H21N3O4/c1-12(25)18(9-21-2)16-8-17-13(7-14(16)10-24)5-6-22-20(17)27-11-15-3-4-19(26)23-15/h5-10,15,21H,3-4,11H2,1-2H3,(H,23,26)/b18-9-. The molecule has 0 radical (unpaired) electrons. The van der Waals surface area contributed by atoms with Crippen LogP contribution in [0.15, 0.2) is 30.6 Å². The zero-order chi connectivity index (χ0) is 19.4. The van der Waals surface area contributed by atoms with Crippen molar-refractivity contribution in [2.45, 2.75) is 25.8 Å². The van der Waals surface area contributed by atoms with Crippen molar-refractivity contribution in [2.24, 2.45) is 0 Å². The van der Waals surface area contributed by atoms with E-state index in [1.165, 1.54) is 6.92 Å². The number of carbonyl (C=O) groups is 3. The molecule has 1 amide bonds. The van der Waals surface area contributed by atoms with Gasteiger partial charge < -0.3 is 15.4 Å². The Labute approximate surface area is 156 Å². The number of rotatable bonds is 7. The normalized spacial score (nSPS) is 16.9. The van der Waals surface area contributed by atoms with Gasteiger partial charge in [-0.1, -0.05) is 0 Å². The summed E-state index contributed by atoms with van der Waals surface area (Å²) in [5.41, 5.74) is 1.34. The maximum Gasteiger partial charge on any atom is 0.221 e. The van der Waals surface area contributed by atoms with Gasteiger partial charge in [0.25, 0.3) is 0 Å². The van der Waals surface area contributed by atoms with Crippen LogP contribution in [0.25, 0.3) is 16.3 Å². The molecule has 1 aliphatic heterocycles.